The van der Waals surface area contributed by atoms with Crippen molar-refractivity contribution in [3.63, 3.8) is 0 Å². The van der Waals surface area contributed by atoms with Gasteiger partial charge in [0, 0.05) is 38.5 Å². The zero-order chi connectivity index (χ0) is 15.5. The van der Waals surface area contributed by atoms with E-state index in [0.717, 1.165) is 43.9 Å². The fraction of sp³-hybridized carbons (Fsp3) is 0.933. The first-order valence-corrected chi connectivity index (χ1v) is 9.03. The molecule has 0 bridgehead atoms. The molecule has 1 aliphatic heterocycles. The summed E-state index contributed by atoms with van der Waals surface area (Å²) in [5.41, 5.74) is 0. The number of hydrogen-bond acceptors (Lipinski definition) is 4. The molecule has 0 radical (unpaired) electrons. The van der Waals surface area contributed by atoms with Gasteiger partial charge in [-0.3, -0.25) is 4.99 Å². The standard InChI is InChI=1S/C15H32N4OS.HI/c1-5-20-13(8-9-19(3)4)11-17-15(16-2)18-12-14-7-6-10-21-14;/h13-14H,5-12H2,1-4H3,(H2,16,17,18);1H. The quantitative estimate of drug-likeness (QED) is 0.324. The highest BCUT2D eigenvalue weighted by Gasteiger charge is 2.16. The van der Waals surface area contributed by atoms with Gasteiger partial charge >= 0.3 is 0 Å². The molecule has 2 atom stereocenters. The summed E-state index contributed by atoms with van der Waals surface area (Å²) in [4.78, 5) is 6.49. The van der Waals surface area contributed by atoms with Gasteiger partial charge in [0.2, 0.25) is 0 Å². The molecule has 0 aromatic carbocycles. The molecule has 1 aliphatic rings. The summed E-state index contributed by atoms with van der Waals surface area (Å²) >= 11 is 2.06. The van der Waals surface area contributed by atoms with Gasteiger partial charge in [0.05, 0.1) is 6.10 Å². The minimum atomic E-state index is 0. The average Bonchev–Trinajstić information content (AvgIpc) is 2.97. The Labute approximate surface area is 157 Å². The van der Waals surface area contributed by atoms with Crippen LogP contribution in [0.1, 0.15) is 26.2 Å². The van der Waals surface area contributed by atoms with E-state index in [1.165, 1.54) is 18.6 Å². The fourth-order valence-electron chi connectivity index (χ4n) is 2.33. The second kappa shape index (κ2) is 13.7. The van der Waals surface area contributed by atoms with E-state index in [-0.39, 0.29) is 30.1 Å². The monoisotopic (exact) mass is 444 g/mol. The van der Waals surface area contributed by atoms with Crippen molar-refractivity contribution >= 4 is 41.7 Å². The van der Waals surface area contributed by atoms with E-state index in [0.29, 0.717) is 0 Å². The van der Waals surface area contributed by atoms with Crippen LogP contribution < -0.4 is 10.6 Å². The molecule has 0 amide bonds. The van der Waals surface area contributed by atoms with Gasteiger partial charge in [-0.25, -0.2) is 0 Å². The first-order valence-electron chi connectivity index (χ1n) is 7.98. The Balaban J connectivity index is 0.00000441. The van der Waals surface area contributed by atoms with E-state index in [2.05, 4.69) is 46.4 Å². The number of ether oxygens (including phenoxy) is 1. The van der Waals surface area contributed by atoms with Crippen molar-refractivity contribution in [1.29, 1.82) is 0 Å². The number of nitrogens with zero attached hydrogens (tertiary/aromatic N) is 2. The molecule has 1 fully saturated rings. The lowest BCUT2D eigenvalue weighted by Gasteiger charge is -2.21. The third-order valence-electron chi connectivity index (χ3n) is 3.54. The molecule has 1 rings (SSSR count). The van der Waals surface area contributed by atoms with E-state index >= 15 is 0 Å². The molecule has 7 heteroatoms. The SMILES string of the molecule is CCOC(CCN(C)C)CNC(=NC)NCC1CCCS1.I. The number of rotatable bonds is 9. The molecule has 0 aromatic heterocycles. The number of thioether (sulfide) groups is 1. The fourth-order valence-corrected chi connectivity index (χ4v) is 3.53. The Kier molecular flexibility index (Phi) is 13.9. The van der Waals surface area contributed by atoms with Crippen molar-refractivity contribution in [2.45, 2.75) is 37.5 Å². The van der Waals surface area contributed by atoms with Crippen molar-refractivity contribution < 1.29 is 4.74 Å². The number of aliphatic imine (C=N–C) groups is 1. The van der Waals surface area contributed by atoms with Gasteiger partial charge in [-0.1, -0.05) is 0 Å². The Bertz CT molecular complexity index is 299. The van der Waals surface area contributed by atoms with E-state index in [1.807, 2.05) is 14.0 Å². The lowest BCUT2D eigenvalue weighted by molar-refractivity contribution is 0.0548. The highest BCUT2D eigenvalue weighted by molar-refractivity contribution is 14.0. The van der Waals surface area contributed by atoms with Gasteiger partial charge in [0.25, 0.3) is 0 Å². The predicted octanol–water partition coefficient (Wildman–Crippen LogP) is 2.02. The van der Waals surface area contributed by atoms with Gasteiger partial charge in [-0.15, -0.1) is 24.0 Å². The molecule has 0 spiro atoms. The smallest absolute Gasteiger partial charge is 0.191 e. The molecule has 1 heterocycles. The van der Waals surface area contributed by atoms with Crippen LogP contribution in [-0.2, 0) is 4.74 Å². The molecule has 22 heavy (non-hydrogen) atoms. The summed E-state index contributed by atoms with van der Waals surface area (Å²) in [7, 11) is 6.01. The second-order valence-corrected chi connectivity index (χ2v) is 7.05. The normalized spacial score (nSPS) is 19.9. The van der Waals surface area contributed by atoms with Gasteiger partial charge < -0.3 is 20.3 Å². The summed E-state index contributed by atoms with van der Waals surface area (Å²) in [6.45, 7) is 5.65. The van der Waals surface area contributed by atoms with Gasteiger partial charge in [-0.2, -0.15) is 11.8 Å². The lowest BCUT2D eigenvalue weighted by Crippen LogP contribution is -2.44. The summed E-state index contributed by atoms with van der Waals surface area (Å²) < 4.78 is 5.79. The summed E-state index contributed by atoms with van der Waals surface area (Å²) in [6, 6.07) is 0. The zero-order valence-corrected chi connectivity index (χ0v) is 17.6. The Morgan fingerprint density at radius 1 is 1.41 bits per heavy atom. The Morgan fingerprint density at radius 3 is 2.73 bits per heavy atom. The predicted molar refractivity (Wildman–Crippen MR) is 109 cm³/mol. The molecule has 1 saturated heterocycles. The van der Waals surface area contributed by atoms with Crippen molar-refractivity contribution in [2.24, 2.45) is 4.99 Å². The third-order valence-corrected chi connectivity index (χ3v) is 4.94. The van der Waals surface area contributed by atoms with E-state index in [9.17, 15) is 0 Å². The Morgan fingerprint density at radius 2 is 2.18 bits per heavy atom. The van der Waals surface area contributed by atoms with Crippen molar-refractivity contribution in [2.75, 3.05) is 53.1 Å². The third kappa shape index (κ3) is 10.1. The van der Waals surface area contributed by atoms with Crippen LogP contribution in [0.25, 0.3) is 0 Å². The first kappa shape index (κ1) is 22.3. The minimum absolute atomic E-state index is 0. The van der Waals surface area contributed by atoms with Crippen LogP contribution in [0.3, 0.4) is 0 Å². The van der Waals surface area contributed by atoms with Crippen LogP contribution in [0.15, 0.2) is 4.99 Å². The highest BCUT2D eigenvalue weighted by Crippen LogP contribution is 2.25. The van der Waals surface area contributed by atoms with Crippen molar-refractivity contribution in [3.05, 3.63) is 0 Å². The van der Waals surface area contributed by atoms with Crippen molar-refractivity contribution in [1.82, 2.24) is 15.5 Å². The van der Waals surface area contributed by atoms with E-state index < -0.39 is 0 Å². The molecular formula is C15H33IN4OS. The molecular weight excluding hydrogens is 411 g/mol. The first-order chi connectivity index (χ1) is 10.2. The van der Waals surface area contributed by atoms with E-state index in [1.54, 1.807) is 0 Å². The number of nitrogens with one attached hydrogen (secondary N) is 2. The number of guanidine groups is 1. The van der Waals surface area contributed by atoms with Gasteiger partial charge in [-0.05, 0) is 46.0 Å². The minimum Gasteiger partial charge on any atom is -0.377 e. The number of hydrogen-bond donors (Lipinski definition) is 2. The van der Waals surface area contributed by atoms with Crippen LogP contribution in [-0.4, -0.2) is 75.4 Å². The molecule has 0 aliphatic carbocycles. The van der Waals surface area contributed by atoms with Crippen LogP contribution in [0, 0.1) is 0 Å². The van der Waals surface area contributed by atoms with Crippen LogP contribution >= 0.6 is 35.7 Å². The topological polar surface area (TPSA) is 48.9 Å². The lowest BCUT2D eigenvalue weighted by atomic mass is 10.2. The van der Waals surface area contributed by atoms with Crippen LogP contribution in [0.4, 0.5) is 0 Å². The summed E-state index contributed by atoms with van der Waals surface area (Å²) in [6.07, 6.45) is 3.93. The Hall–Kier alpha value is 0.270. The van der Waals surface area contributed by atoms with Crippen LogP contribution in [0.2, 0.25) is 0 Å². The average molecular weight is 444 g/mol. The number of halogens is 1. The molecule has 2 unspecified atom stereocenters. The van der Waals surface area contributed by atoms with E-state index in [4.69, 9.17) is 4.74 Å². The van der Waals surface area contributed by atoms with Crippen LogP contribution in [0.5, 0.6) is 0 Å². The molecule has 2 N–H and O–H groups in total. The van der Waals surface area contributed by atoms with Gasteiger partial charge in [0.15, 0.2) is 5.96 Å². The highest BCUT2D eigenvalue weighted by atomic mass is 127. The maximum atomic E-state index is 5.79. The molecule has 5 nitrogen and oxygen atoms in total. The largest absolute Gasteiger partial charge is 0.377 e. The van der Waals surface area contributed by atoms with Gasteiger partial charge in [0.1, 0.15) is 0 Å². The maximum absolute atomic E-state index is 5.79. The summed E-state index contributed by atoms with van der Waals surface area (Å²) in [5, 5.41) is 7.55. The summed E-state index contributed by atoms with van der Waals surface area (Å²) in [5.74, 6) is 2.19. The zero-order valence-electron chi connectivity index (χ0n) is 14.4. The molecule has 132 valence electrons. The maximum Gasteiger partial charge on any atom is 0.191 e. The molecule has 0 aromatic rings. The second-order valence-electron chi connectivity index (χ2n) is 5.64. The van der Waals surface area contributed by atoms with Crippen molar-refractivity contribution in [3.8, 4) is 0 Å². The molecule has 0 saturated carbocycles.